The van der Waals surface area contributed by atoms with Crippen LogP contribution in [0.2, 0.25) is 0 Å². The fourth-order valence-corrected chi connectivity index (χ4v) is 1.64. The summed E-state index contributed by atoms with van der Waals surface area (Å²) in [6, 6.07) is 5.69. The smallest absolute Gasteiger partial charge is 0.165 e. The monoisotopic (exact) mass is 222 g/mol. The molecular weight excluding hydrogens is 204 g/mol. The standard InChI is InChI=1S/C12H18N2O2/c1-4-6-10(14-13)9-7-5-8-11(15-2)12(9)16-3/h4-5,7-8,10,14H,1,6,13H2,2-3H3. The van der Waals surface area contributed by atoms with Gasteiger partial charge in [0.15, 0.2) is 11.5 Å². The predicted molar refractivity (Wildman–Crippen MR) is 64.4 cm³/mol. The largest absolute Gasteiger partial charge is 0.493 e. The lowest BCUT2D eigenvalue weighted by atomic mass is 10.0. The van der Waals surface area contributed by atoms with Gasteiger partial charge in [0.1, 0.15) is 0 Å². The van der Waals surface area contributed by atoms with Crippen molar-refractivity contribution in [1.29, 1.82) is 0 Å². The van der Waals surface area contributed by atoms with Crippen molar-refractivity contribution in [2.45, 2.75) is 12.5 Å². The number of hydrazine groups is 1. The molecule has 0 aliphatic rings. The van der Waals surface area contributed by atoms with Gasteiger partial charge in [0, 0.05) is 5.56 Å². The van der Waals surface area contributed by atoms with Crippen LogP contribution in [0.5, 0.6) is 11.5 Å². The third-order valence-electron chi connectivity index (χ3n) is 2.41. The van der Waals surface area contributed by atoms with Gasteiger partial charge in [-0.1, -0.05) is 18.2 Å². The van der Waals surface area contributed by atoms with Crippen LogP contribution in [-0.4, -0.2) is 14.2 Å². The Kier molecular flexibility index (Phi) is 4.82. The lowest BCUT2D eigenvalue weighted by molar-refractivity contribution is 0.346. The van der Waals surface area contributed by atoms with Gasteiger partial charge in [0.05, 0.1) is 20.3 Å². The summed E-state index contributed by atoms with van der Waals surface area (Å²) in [4.78, 5) is 0. The van der Waals surface area contributed by atoms with Gasteiger partial charge in [-0.25, -0.2) is 0 Å². The second kappa shape index (κ2) is 6.15. The molecule has 4 heteroatoms. The van der Waals surface area contributed by atoms with Crippen LogP contribution in [0.15, 0.2) is 30.9 Å². The highest BCUT2D eigenvalue weighted by molar-refractivity contribution is 5.48. The first-order valence-electron chi connectivity index (χ1n) is 5.06. The van der Waals surface area contributed by atoms with Crippen molar-refractivity contribution in [3.8, 4) is 11.5 Å². The molecule has 0 aliphatic heterocycles. The number of hydrogen-bond donors (Lipinski definition) is 2. The van der Waals surface area contributed by atoms with Crippen molar-refractivity contribution in [1.82, 2.24) is 5.43 Å². The first-order chi connectivity index (χ1) is 7.78. The molecule has 1 unspecified atom stereocenters. The molecule has 0 bridgehead atoms. The van der Waals surface area contributed by atoms with E-state index in [1.165, 1.54) is 0 Å². The fourth-order valence-electron chi connectivity index (χ4n) is 1.64. The van der Waals surface area contributed by atoms with E-state index in [1.54, 1.807) is 14.2 Å². The van der Waals surface area contributed by atoms with E-state index in [0.29, 0.717) is 11.5 Å². The average molecular weight is 222 g/mol. The van der Waals surface area contributed by atoms with Crippen LogP contribution in [0.25, 0.3) is 0 Å². The molecule has 0 fully saturated rings. The maximum atomic E-state index is 5.51. The summed E-state index contributed by atoms with van der Waals surface area (Å²) in [7, 11) is 3.23. The zero-order valence-electron chi connectivity index (χ0n) is 9.69. The van der Waals surface area contributed by atoms with E-state index in [2.05, 4.69) is 12.0 Å². The van der Waals surface area contributed by atoms with Crippen molar-refractivity contribution >= 4 is 0 Å². The SMILES string of the molecule is C=CCC(NN)c1cccc(OC)c1OC. The molecule has 0 saturated carbocycles. The van der Waals surface area contributed by atoms with E-state index in [9.17, 15) is 0 Å². The summed E-state index contributed by atoms with van der Waals surface area (Å²) in [6.45, 7) is 3.70. The van der Waals surface area contributed by atoms with Crippen LogP contribution in [-0.2, 0) is 0 Å². The minimum Gasteiger partial charge on any atom is -0.493 e. The maximum Gasteiger partial charge on any atom is 0.165 e. The first kappa shape index (κ1) is 12.5. The van der Waals surface area contributed by atoms with Gasteiger partial charge in [0.25, 0.3) is 0 Å². The Balaban J connectivity index is 3.14. The zero-order valence-corrected chi connectivity index (χ0v) is 9.69. The van der Waals surface area contributed by atoms with Crippen molar-refractivity contribution in [2.24, 2.45) is 5.84 Å². The average Bonchev–Trinajstić information content (AvgIpc) is 2.34. The van der Waals surface area contributed by atoms with Crippen LogP contribution in [0.1, 0.15) is 18.0 Å². The predicted octanol–water partition coefficient (Wildman–Crippen LogP) is 1.78. The molecule has 0 aliphatic carbocycles. The topological polar surface area (TPSA) is 56.5 Å². The third kappa shape index (κ3) is 2.53. The quantitative estimate of drug-likeness (QED) is 0.437. The molecule has 0 saturated heterocycles. The summed E-state index contributed by atoms with van der Waals surface area (Å²) in [5.41, 5.74) is 3.70. The summed E-state index contributed by atoms with van der Waals surface area (Å²) in [6.07, 6.45) is 2.53. The molecule has 1 aromatic carbocycles. The Hall–Kier alpha value is -1.52. The number of methoxy groups -OCH3 is 2. The second-order valence-electron chi connectivity index (χ2n) is 3.33. The van der Waals surface area contributed by atoms with E-state index in [1.807, 2.05) is 24.3 Å². The van der Waals surface area contributed by atoms with Crippen LogP contribution < -0.4 is 20.7 Å². The minimum atomic E-state index is -0.0254. The molecule has 3 N–H and O–H groups in total. The molecule has 0 spiro atoms. The number of para-hydroxylation sites is 1. The molecule has 1 atom stereocenters. The fraction of sp³-hybridized carbons (Fsp3) is 0.333. The van der Waals surface area contributed by atoms with Gasteiger partial charge in [-0.15, -0.1) is 6.58 Å². The second-order valence-corrected chi connectivity index (χ2v) is 3.33. The van der Waals surface area contributed by atoms with E-state index in [4.69, 9.17) is 15.3 Å². The van der Waals surface area contributed by atoms with Gasteiger partial charge < -0.3 is 9.47 Å². The van der Waals surface area contributed by atoms with Gasteiger partial charge in [-0.2, -0.15) is 0 Å². The zero-order chi connectivity index (χ0) is 12.0. The molecule has 0 heterocycles. The van der Waals surface area contributed by atoms with Crippen LogP contribution >= 0.6 is 0 Å². The lowest BCUT2D eigenvalue weighted by Crippen LogP contribution is -2.28. The lowest BCUT2D eigenvalue weighted by Gasteiger charge is -2.19. The number of nitrogens with two attached hydrogens (primary N) is 1. The van der Waals surface area contributed by atoms with Crippen molar-refractivity contribution < 1.29 is 9.47 Å². The van der Waals surface area contributed by atoms with Crippen molar-refractivity contribution in [3.05, 3.63) is 36.4 Å². The van der Waals surface area contributed by atoms with Crippen molar-refractivity contribution in [2.75, 3.05) is 14.2 Å². The Morgan fingerprint density at radius 2 is 2.19 bits per heavy atom. The summed E-state index contributed by atoms with van der Waals surface area (Å²) >= 11 is 0. The number of benzene rings is 1. The first-order valence-corrected chi connectivity index (χ1v) is 5.06. The summed E-state index contributed by atoms with van der Waals surface area (Å²) in [5.74, 6) is 6.91. The molecule has 16 heavy (non-hydrogen) atoms. The number of ether oxygens (including phenoxy) is 2. The highest BCUT2D eigenvalue weighted by Gasteiger charge is 2.16. The molecular formula is C12H18N2O2. The Morgan fingerprint density at radius 3 is 2.69 bits per heavy atom. The van der Waals surface area contributed by atoms with Crippen LogP contribution in [0, 0.1) is 0 Å². The Morgan fingerprint density at radius 1 is 1.44 bits per heavy atom. The number of nitrogens with one attached hydrogen (secondary N) is 1. The van der Waals surface area contributed by atoms with E-state index in [-0.39, 0.29) is 6.04 Å². The summed E-state index contributed by atoms with van der Waals surface area (Å²) in [5, 5.41) is 0. The van der Waals surface area contributed by atoms with Crippen LogP contribution in [0.4, 0.5) is 0 Å². The normalized spacial score (nSPS) is 11.9. The number of rotatable bonds is 6. The van der Waals surface area contributed by atoms with E-state index < -0.39 is 0 Å². The summed E-state index contributed by atoms with van der Waals surface area (Å²) < 4.78 is 10.6. The molecule has 4 nitrogen and oxygen atoms in total. The van der Waals surface area contributed by atoms with Gasteiger partial charge in [-0.05, 0) is 12.5 Å². The van der Waals surface area contributed by atoms with Crippen molar-refractivity contribution in [3.63, 3.8) is 0 Å². The molecule has 88 valence electrons. The highest BCUT2D eigenvalue weighted by atomic mass is 16.5. The van der Waals surface area contributed by atoms with Gasteiger partial charge >= 0.3 is 0 Å². The Bertz CT molecular complexity index is 353. The van der Waals surface area contributed by atoms with E-state index in [0.717, 1.165) is 12.0 Å². The number of hydrogen-bond acceptors (Lipinski definition) is 4. The molecule has 0 aromatic heterocycles. The molecule has 1 rings (SSSR count). The Labute approximate surface area is 96.0 Å². The minimum absolute atomic E-state index is 0.0254. The van der Waals surface area contributed by atoms with E-state index >= 15 is 0 Å². The van der Waals surface area contributed by atoms with Crippen LogP contribution in [0.3, 0.4) is 0 Å². The third-order valence-corrected chi connectivity index (χ3v) is 2.41. The molecule has 0 amide bonds. The van der Waals surface area contributed by atoms with Gasteiger partial charge in [-0.3, -0.25) is 11.3 Å². The van der Waals surface area contributed by atoms with Gasteiger partial charge in [0.2, 0.25) is 0 Å². The highest BCUT2D eigenvalue weighted by Crippen LogP contribution is 2.35. The molecule has 1 aromatic rings. The maximum absolute atomic E-state index is 5.51. The molecule has 0 radical (unpaired) electrons.